The Morgan fingerprint density at radius 2 is 2.06 bits per heavy atom. The number of aryl methyl sites for hydroxylation is 1. The lowest BCUT2D eigenvalue weighted by Crippen LogP contribution is -2.46. The highest BCUT2D eigenvalue weighted by Gasteiger charge is 2.34. The number of rotatable bonds is 3. The molecule has 0 aromatic carbocycles. The van der Waals surface area contributed by atoms with Crippen molar-refractivity contribution in [3.8, 4) is 0 Å². The Kier molecular flexibility index (Phi) is 3.31. The quantitative estimate of drug-likeness (QED) is 0.877. The Hall–Kier alpha value is -1.00. The standard InChI is InChI=1S/C14H22N4/c1-10-15-6-5-13(16-10)9-18(2)14-7-11-3-4-12(8-14)17-11/h5-6,11-12,14,17H,3-4,7-9H2,1-2H3. The van der Waals surface area contributed by atoms with Crippen LogP contribution in [0.15, 0.2) is 12.3 Å². The molecule has 2 fully saturated rings. The van der Waals surface area contributed by atoms with Gasteiger partial charge in [-0.3, -0.25) is 4.90 Å². The third kappa shape index (κ3) is 2.54. The van der Waals surface area contributed by atoms with E-state index < -0.39 is 0 Å². The van der Waals surface area contributed by atoms with Crippen molar-refractivity contribution in [2.75, 3.05) is 7.05 Å². The van der Waals surface area contributed by atoms with Crippen molar-refractivity contribution in [2.45, 2.75) is 57.3 Å². The smallest absolute Gasteiger partial charge is 0.125 e. The van der Waals surface area contributed by atoms with Crippen molar-refractivity contribution in [1.29, 1.82) is 0 Å². The number of piperidine rings is 1. The summed E-state index contributed by atoms with van der Waals surface area (Å²) in [5.74, 6) is 0.867. The molecule has 4 nitrogen and oxygen atoms in total. The molecule has 1 aromatic rings. The number of nitrogens with one attached hydrogen (secondary N) is 1. The zero-order chi connectivity index (χ0) is 12.5. The zero-order valence-corrected chi connectivity index (χ0v) is 11.3. The van der Waals surface area contributed by atoms with Crippen molar-refractivity contribution >= 4 is 0 Å². The van der Waals surface area contributed by atoms with Crippen LogP contribution >= 0.6 is 0 Å². The topological polar surface area (TPSA) is 41.1 Å². The van der Waals surface area contributed by atoms with Gasteiger partial charge < -0.3 is 5.32 Å². The lowest BCUT2D eigenvalue weighted by atomic mass is 9.98. The molecule has 3 rings (SSSR count). The molecular weight excluding hydrogens is 224 g/mol. The fourth-order valence-electron chi connectivity index (χ4n) is 3.36. The first-order valence-corrected chi connectivity index (χ1v) is 6.95. The lowest BCUT2D eigenvalue weighted by Gasteiger charge is -2.35. The summed E-state index contributed by atoms with van der Waals surface area (Å²) >= 11 is 0. The van der Waals surface area contributed by atoms with Crippen LogP contribution in [0, 0.1) is 6.92 Å². The first-order chi connectivity index (χ1) is 8.70. The minimum atomic E-state index is 0.707. The predicted molar refractivity (Wildman–Crippen MR) is 71.2 cm³/mol. The molecular formula is C14H22N4. The maximum Gasteiger partial charge on any atom is 0.125 e. The van der Waals surface area contributed by atoms with E-state index in [1.54, 1.807) is 0 Å². The van der Waals surface area contributed by atoms with Gasteiger partial charge >= 0.3 is 0 Å². The Morgan fingerprint density at radius 3 is 2.72 bits per heavy atom. The largest absolute Gasteiger partial charge is 0.311 e. The molecule has 0 radical (unpaired) electrons. The molecule has 2 bridgehead atoms. The van der Waals surface area contributed by atoms with Crippen LogP contribution in [0.4, 0.5) is 0 Å². The third-order valence-electron chi connectivity index (χ3n) is 4.32. The molecule has 2 aliphatic heterocycles. The van der Waals surface area contributed by atoms with Crippen molar-refractivity contribution in [2.24, 2.45) is 0 Å². The summed E-state index contributed by atoms with van der Waals surface area (Å²) in [5, 5.41) is 3.70. The van der Waals surface area contributed by atoms with Gasteiger partial charge in [-0.2, -0.15) is 0 Å². The van der Waals surface area contributed by atoms with Crippen LogP contribution < -0.4 is 5.32 Å². The average Bonchev–Trinajstić information content (AvgIpc) is 2.68. The van der Waals surface area contributed by atoms with Crippen molar-refractivity contribution in [3.05, 3.63) is 23.8 Å². The van der Waals surface area contributed by atoms with Gasteiger partial charge in [0, 0.05) is 30.9 Å². The Bertz CT molecular complexity index is 408. The number of hydrogen-bond donors (Lipinski definition) is 1. The van der Waals surface area contributed by atoms with E-state index in [1.165, 1.54) is 25.7 Å². The fourth-order valence-corrected chi connectivity index (χ4v) is 3.36. The third-order valence-corrected chi connectivity index (χ3v) is 4.32. The van der Waals surface area contributed by atoms with E-state index in [0.29, 0.717) is 6.04 Å². The first kappa shape index (κ1) is 12.1. The fraction of sp³-hybridized carbons (Fsp3) is 0.714. The van der Waals surface area contributed by atoms with Crippen LogP contribution in [0.3, 0.4) is 0 Å². The molecule has 4 heteroatoms. The second-order valence-electron chi connectivity index (χ2n) is 5.77. The van der Waals surface area contributed by atoms with Gasteiger partial charge in [0.05, 0.1) is 5.69 Å². The Balaban J connectivity index is 1.63. The molecule has 1 aromatic heterocycles. The lowest BCUT2D eigenvalue weighted by molar-refractivity contribution is 0.164. The maximum atomic E-state index is 4.49. The van der Waals surface area contributed by atoms with Gasteiger partial charge in [-0.05, 0) is 45.7 Å². The summed E-state index contributed by atoms with van der Waals surface area (Å²) < 4.78 is 0. The molecule has 2 aliphatic rings. The van der Waals surface area contributed by atoms with E-state index in [0.717, 1.165) is 30.1 Å². The summed E-state index contributed by atoms with van der Waals surface area (Å²) in [4.78, 5) is 11.1. The minimum Gasteiger partial charge on any atom is -0.311 e. The Labute approximate surface area is 109 Å². The number of hydrogen-bond acceptors (Lipinski definition) is 4. The SMILES string of the molecule is Cc1nccc(CN(C)C2CC3CCC(C2)N3)n1. The van der Waals surface area contributed by atoms with Crippen LogP contribution in [0.1, 0.15) is 37.2 Å². The second-order valence-corrected chi connectivity index (χ2v) is 5.77. The molecule has 0 amide bonds. The summed E-state index contributed by atoms with van der Waals surface area (Å²) in [6, 6.07) is 4.24. The van der Waals surface area contributed by atoms with Crippen LogP contribution in [0.25, 0.3) is 0 Å². The molecule has 2 atom stereocenters. The van der Waals surface area contributed by atoms with Gasteiger partial charge in [-0.15, -0.1) is 0 Å². The van der Waals surface area contributed by atoms with Crippen molar-refractivity contribution < 1.29 is 0 Å². The monoisotopic (exact) mass is 246 g/mol. The van der Waals surface area contributed by atoms with E-state index >= 15 is 0 Å². The number of aromatic nitrogens is 2. The Morgan fingerprint density at radius 1 is 1.33 bits per heavy atom. The van der Waals surface area contributed by atoms with Gasteiger partial charge in [0.25, 0.3) is 0 Å². The van der Waals surface area contributed by atoms with Gasteiger partial charge in [0.1, 0.15) is 5.82 Å². The molecule has 1 N–H and O–H groups in total. The minimum absolute atomic E-state index is 0.707. The molecule has 98 valence electrons. The highest BCUT2D eigenvalue weighted by Crippen LogP contribution is 2.29. The number of nitrogens with zero attached hydrogens (tertiary/aromatic N) is 3. The van der Waals surface area contributed by atoms with Crippen LogP contribution in [0.5, 0.6) is 0 Å². The highest BCUT2D eigenvalue weighted by molar-refractivity contribution is 5.03. The van der Waals surface area contributed by atoms with E-state index in [-0.39, 0.29) is 0 Å². The maximum absolute atomic E-state index is 4.49. The van der Waals surface area contributed by atoms with Crippen LogP contribution in [-0.2, 0) is 6.54 Å². The highest BCUT2D eigenvalue weighted by atomic mass is 15.2. The molecule has 18 heavy (non-hydrogen) atoms. The van der Waals surface area contributed by atoms with Gasteiger partial charge in [0.15, 0.2) is 0 Å². The van der Waals surface area contributed by atoms with Crippen molar-refractivity contribution in [3.63, 3.8) is 0 Å². The first-order valence-electron chi connectivity index (χ1n) is 6.95. The molecule has 2 saturated heterocycles. The van der Waals surface area contributed by atoms with Gasteiger partial charge in [0.2, 0.25) is 0 Å². The summed E-state index contributed by atoms with van der Waals surface area (Å²) in [6.07, 6.45) is 7.16. The predicted octanol–water partition coefficient (Wildman–Crippen LogP) is 1.50. The van der Waals surface area contributed by atoms with Gasteiger partial charge in [-0.25, -0.2) is 9.97 Å². The van der Waals surface area contributed by atoms with E-state index in [4.69, 9.17) is 0 Å². The molecule has 0 spiro atoms. The van der Waals surface area contributed by atoms with Crippen LogP contribution in [-0.4, -0.2) is 40.0 Å². The summed E-state index contributed by atoms with van der Waals surface area (Å²) in [6.45, 7) is 2.89. The second kappa shape index (κ2) is 4.94. The molecule has 0 saturated carbocycles. The number of fused-ring (bicyclic) bond motifs is 2. The molecule has 2 unspecified atom stereocenters. The zero-order valence-electron chi connectivity index (χ0n) is 11.3. The molecule has 0 aliphatic carbocycles. The van der Waals surface area contributed by atoms with Crippen molar-refractivity contribution in [1.82, 2.24) is 20.2 Å². The van der Waals surface area contributed by atoms with E-state index in [2.05, 4.69) is 27.2 Å². The normalized spacial score (nSPS) is 30.9. The van der Waals surface area contributed by atoms with E-state index in [9.17, 15) is 0 Å². The summed E-state index contributed by atoms with van der Waals surface area (Å²) in [7, 11) is 2.23. The van der Waals surface area contributed by atoms with Crippen LogP contribution in [0.2, 0.25) is 0 Å². The van der Waals surface area contributed by atoms with E-state index in [1.807, 2.05) is 19.2 Å². The summed E-state index contributed by atoms with van der Waals surface area (Å²) in [5.41, 5.74) is 1.14. The van der Waals surface area contributed by atoms with Gasteiger partial charge in [-0.1, -0.05) is 0 Å². The molecule has 3 heterocycles. The average molecular weight is 246 g/mol.